The van der Waals surface area contributed by atoms with Crippen LogP contribution < -0.4 is 5.32 Å². The largest absolute Gasteiger partial charge is 0.376 e. The second-order valence-corrected chi connectivity index (χ2v) is 8.39. The van der Waals surface area contributed by atoms with Crippen LogP contribution in [-0.2, 0) is 14.8 Å². The Bertz CT molecular complexity index is 629. The molecule has 1 aromatic heterocycles. The van der Waals surface area contributed by atoms with E-state index in [0.29, 0.717) is 19.6 Å². The number of thiophene rings is 1. The van der Waals surface area contributed by atoms with E-state index in [-0.39, 0.29) is 21.8 Å². The lowest BCUT2D eigenvalue weighted by molar-refractivity contribution is 0.0858. The Hall–Kier alpha value is -0.960. The number of hydrogen-bond acceptors (Lipinski definition) is 5. The van der Waals surface area contributed by atoms with Gasteiger partial charge in [0.2, 0.25) is 10.0 Å². The highest BCUT2D eigenvalue weighted by Gasteiger charge is 2.32. The molecule has 3 heterocycles. The molecule has 2 fully saturated rings. The Morgan fingerprint density at radius 3 is 2.82 bits per heavy atom. The Morgan fingerprint density at radius 1 is 1.36 bits per heavy atom. The lowest BCUT2D eigenvalue weighted by atomic mass is 10.2. The number of sulfonamides is 1. The first-order chi connectivity index (χ1) is 10.6. The van der Waals surface area contributed by atoms with Gasteiger partial charge in [-0.05, 0) is 37.1 Å². The van der Waals surface area contributed by atoms with Gasteiger partial charge in [-0.25, -0.2) is 8.42 Å². The molecule has 1 aromatic rings. The molecule has 3 rings (SSSR count). The lowest BCUT2D eigenvalue weighted by Crippen LogP contribution is -2.33. The van der Waals surface area contributed by atoms with Crippen LogP contribution in [-0.4, -0.2) is 51.0 Å². The van der Waals surface area contributed by atoms with Gasteiger partial charge in [0.15, 0.2) is 0 Å². The lowest BCUT2D eigenvalue weighted by Gasteiger charge is -2.16. The molecule has 0 bridgehead atoms. The molecule has 0 saturated carbocycles. The van der Waals surface area contributed by atoms with E-state index in [1.165, 1.54) is 21.7 Å². The van der Waals surface area contributed by atoms with Crippen molar-refractivity contribution >= 4 is 27.3 Å². The van der Waals surface area contributed by atoms with Crippen molar-refractivity contribution in [2.75, 3.05) is 26.2 Å². The highest BCUT2D eigenvalue weighted by molar-refractivity contribution is 7.89. The Kier molecular flexibility index (Phi) is 4.82. The Labute approximate surface area is 134 Å². The van der Waals surface area contributed by atoms with Gasteiger partial charge in [0, 0.05) is 26.2 Å². The van der Waals surface area contributed by atoms with Gasteiger partial charge in [-0.3, -0.25) is 4.79 Å². The van der Waals surface area contributed by atoms with E-state index in [1.807, 2.05) is 0 Å². The van der Waals surface area contributed by atoms with Crippen LogP contribution in [0.3, 0.4) is 0 Å². The fourth-order valence-electron chi connectivity index (χ4n) is 2.83. The summed E-state index contributed by atoms with van der Waals surface area (Å²) in [7, 11) is -3.56. The maximum atomic E-state index is 12.6. The van der Waals surface area contributed by atoms with Crippen molar-refractivity contribution in [2.45, 2.75) is 36.7 Å². The molecular weight excluding hydrogens is 324 g/mol. The van der Waals surface area contributed by atoms with Gasteiger partial charge in [0.25, 0.3) is 5.91 Å². The average molecular weight is 344 g/mol. The van der Waals surface area contributed by atoms with Crippen LogP contribution in [0.5, 0.6) is 0 Å². The van der Waals surface area contributed by atoms with Gasteiger partial charge < -0.3 is 10.1 Å². The fraction of sp³-hybridized carbons (Fsp3) is 0.643. The van der Waals surface area contributed by atoms with Gasteiger partial charge in [-0.1, -0.05) is 0 Å². The molecule has 0 spiro atoms. The summed E-state index contributed by atoms with van der Waals surface area (Å²) in [6, 6.07) is 1.53. The third-order valence-corrected chi connectivity index (χ3v) is 7.02. The van der Waals surface area contributed by atoms with Crippen molar-refractivity contribution in [2.24, 2.45) is 0 Å². The smallest absolute Gasteiger partial charge is 0.262 e. The maximum absolute atomic E-state index is 12.6. The molecule has 122 valence electrons. The zero-order chi connectivity index (χ0) is 15.6. The average Bonchev–Trinajstić information content (AvgIpc) is 3.26. The molecule has 2 saturated heterocycles. The van der Waals surface area contributed by atoms with E-state index in [9.17, 15) is 13.2 Å². The van der Waals surface area contributed by atoms with Crippen LogP contribution in [0.2, 0.25) is 0 Å². The van der Waals surface area contributed by atoms with E-state index in [4.69, 9.17) is 4.74 Å². The van der Waals surface area contributed by atoms with Crippen LogP contribution in [0.4, 0.5) is 0 Å². The first-order valence-corrected chi connectivity index (χ1v) is 9.88. The van der Waals surface area contributed by atoms with E-state index in [1.54, 1.807) is 5.38 Å². The minimum atomic E-state index is -3.56. The van der Waals surface area contributed by atoms with Crippen LogP contribution in [0.15, 0.2) is 16.3 Å². The molecular formula is C14H20N2O4S2. The standard InChI is InChI=1S/C14H20N2O4S2/c17-14(15-10-11-4-3-8-20-11)13-12(5-9-21-13)22(18,19)16-6-1-2-7-16/h5,9,11H,1-4,6-8,10H2,(H,15,17)/t11-/m0/s1. The predicted octanol–water partition coefficient (Wildman–Crippen LogP) is 1.44. The van der Waals surface area contributed by atoms with Gasteiger partial charge in [0.1, 0.15) is 9.77 Å². The van der Waals surface area contributed by atoms with Gasteiger partial charge in [-0.15, -0.1) is 11.3 Å². The molecule has 8 heteroatoms. The zero-order valence-corrected chi connectivity index (χ0v) is 13.9. The third-order valence-electron chi connectivity index (χ3n) is 4.03. The van der Waals surface area contributed by atoms with E-state index >= 15 is 0 Å². The van der Waals surface area contributed by atoms with Gasteiger partial charge >= 0.3 is 0 Å². The van der Waals surface area contributed by atoms with Crippen molar-refractivity contribution in [3.63, 3.8) is 0 Å². The van der Waals surface area contributed by atoms with Gasteiger partial charge in [-0.2, -0.15) is 4.31 Å². The third kappa shape index (κ3) is 3.19. The molecule has 1 amide bonds. The van der Waals surface area contributed by atoms with Crippen molar-refractivity contribution in [1.29, 1.82) is 0 Å². The summed E-state index contributed by atoms with van der Waals surface area (Å²) < 4.78 is 32.1. The van der Waals surface area contributed by atoms with Gasteiger partial charge in [0.05, 0.1) is 6.10 Å². The number of nitrogens with one attached hydrogen (secondary N) is 1. The topological polar surface area (TPSA) is 75.7 Å². The SMILES string of the molecule is O=C(NC[C@@H]1CCCO1)c1sccc1S(=O)(=O)N1CCCC1. The minimum Gasteiger partial charge on any atom is -0.376 e. The molecule has 1 N–H and O–H groups in total. The summed E-state index contributed by atoms with van der Waals surface area (Å²) in [4.78, 5) is 12.7. The quantitative estimate of drug-likeness (QED) is 0.877. The van der Waals surface area contributed by atoms with E-state index in [2.05, 4.69) is 5.32 Å². The van der Waals surface area contributed by atoms with Crippen LogP contribution in [0.25, 0.3) is 0 Å². The Morgan fingerprint density at radius 2 is 2.14 bits per heavy atom. The summed E-state index contributed by atoms with van der Waals surface area (Å²) in [5, 5.41) is 4.45. The molecule has 0 unspecified atom stereocenters. The summed E-state index contributed by atoms with van der Waals surface area (Å²) in [5.74, 6) is -0.330. The van der Waals surface area contributed by atoms with Crippen LogP contribution in [0, 0.1) is 0 Å². The normalized spacial score (nSPS) is 23.0. The number of amides is 1. The molecule has 0 aromatic carbocycles. The van der Waals surface area contributed by atoms with Crippen molar-refractivity contribution in [3.05, 3.63) is 16.3 Å². The number of carbonyl (C=O) groups is 1. The van der Waals surface area contributed by atoms with Crippen molar-refractivity contribution in [3.8, 4) is 0 Å². The predicted molar refractivity (Wildman–Crippen MR) is 83.6 cm³/mol. The molecule has 22 heavy (non-hydrogen) atoms. The van der Waals surface area contributed by atoms with Crippen LogP contribution in [0.1, 0.15) is 35.4 Å². The monoisotopic (exact) mass is 344 g/mol. The molecule has 0 radical (unpaired) electrons. The minimum absolute atomic E-state index is 0.0440. The number of ether oxygens (including phenoxy) is 1. The Balaban J connectivity index is 1.72. The van der Waals surface area contributed by atoms with E-state index in [0.717, 1.165) is 32.3 Å². The zero-order valence-electron chi connectivity index (χ0n) is 12.3. The highest BCUT2D eigenvalue weighted by Crippen LogP contribution is 2.27. The molecule has 2 aliphatic heterocycles. The van der Waals surface area contributed by atoms with Crippen molar-refractivity contribution < 1.29 is 17.9 Å². The summed E-state index contributed by atoms with van der Waals surface area (Å²) >= 11 is 1.17. The number of hydrogen-bond donors (Lipinski definition) is 1. The number of nitrogens with zero attached hydrogens (tertiary/aromatic N) is 1. The van der Waals surface area contributed by atoms with E-state index < -0.39 is 10.0 Å². The molecule has 2 aliphatic rings. The summed E-state index contributed by atoms with van der Waals surface area (Å²) in [6.45, 7) is 2.23. The highest BCUT2D eigenvalue weighted by atomic mass is 32.2. The van der Waals surface area contributed by atoms with Crippen LogP contribution >= 0.6 is 11.3 Å². The fourth-order valence-corrected chi connectivity index (χ4v) is 5.66. The maximum Gasteiger partial charge on any atom is 0.262 e. The second kappa shape index (κ2) is 6.66. The number of carbonyl (C=O) groups excluding carboxylic acids is 1. The first-order valence-electron chi connectivity index (χ1n) is 7.56. The summed E-state index contributed by atoms with van der Waals surface area (Å²) in [5.41, 5.74) is 0. The molecule has 6 nitrogen and oxygen atoms in total. The van der Waals surface area contributed by atoms with Crippen molar-refractivity contribution in [1.82, 2.24) is 9.62 Å². The summed E-state index contributed by atoms with van der Waals surface area (Å²) in [6.07, 6.45) is 3.74. The molecule has 1 atom stereocenters. The number of rotatable bonds is 5. The molecule has 0 aliphatic carbocycles. The first kappa shape index (κ1) is 15.9. The second-order valence-electron chi connectivity index (χ2n) is 5.57.